The van der Waals surface area contributed by atoms with Crippen molar-refractivity contribution in [1.29, 1.82) is 0 Å². The molecule has 1 fully saturated rings. The number of carbonyl (C=O) groups excluding carboxylic acids is 1. The summed E-state index contributed by atoms with van der Waals surface area (Å²) in [4.78, 5) is 24.9. The number of benzene rings is 1. The van der Waals surface area contributed by atoms with Crippen molar-refractivity contribution in [3.8, 4) is 0 Å². The zero-order valence-electron chi connectivity index (χ0n) is 21.7. The molecule has 204 valence electrons. The molecule has 1 aromatic carbocycles. The van der Waals surface area contributed by atoms with Gasteiger partial charge in [-0.25, -0.2) is 4.98 Å². The van der Waals surface area contributed by atoms with Crippen LogP contribution in [0.5, 0.6) is 0 Å². The predicted molar refractivity (Wildman–Crippen MR) is 140 cm³/mol. The zero-order valence-corrected chi connectivity index (χ0v) is 22.6. The molecule has 2 aromatic heterocycles. The van der Waals surface area contributed by atoms with E-state index in [0.717, 1.165) is 52.8 Å². The van der Waals surface area contributed by atoms with Crippen LogP contribution in [0.15, 0.2) is 46.9 Å². The Hall–Kier alpha value is -3.21. The summed E-state index contributed by atoms with van der Waals surface area (Å²) in [6.45, 7) is 6.26. The molecule has 1 saturated heterocycles. The Bertz CT molecular complexity index is 1250. The highest BCUT2D eigenvalue weighted by atomic mass is 32.1. The first-order valence-electron chi connectivity index (χ1n) is 12.7. The number of carbonyl (C=O) groups is 1. The van der Waals surface area contributed by atoms with E-state index >= 15 is 0 Å². The van der Waals surface area contributed by atoms with Crippen LogP contribution >= 0.6 is 11.3 Å². The molecule has 1 atom stereocenters. The first kappa shape index (κ1) is 27.8. The van der Waals surface area contributed by atoms with Crippen molar-refractivity contribution in [1.82, 2.24) is 19.7 Å². The second-order valence-corrected chi connectivity index (χ2v) is 10.6. The number of halogens is 3. The summed E-state index contributed by atoms with van der Waals surface area (Å²) in [6, 6.07) is 11.2. The lowest BCUT2D eigenvalue weighted by Gasteiger charge is -2.31. The van der Waals surface area contributed by atoms with Gasteiger partial charge in [0.2, 0.25) is 5.91 Å². The Morgan fingerprint density at radius 1 is 1.24 bits per heavy atom. The van der Waals surface area contributed by atoms with Crippen molar-refractivity contribution in [3.63, 3.8) is 0 Å². The smallest absolute Gasteiger partial charge is 0.393 e. The van der Waals surface area contributed by atoms with Gasteiger partial charge in [0.1, 0.15) is 18.4 Å². The summed E-state index contributed by atoms with van der Waals surface area (Å²) in [5, 5.41) is 10.8. The van der Waals surface area contributed by atoms with Crippen LogP contribution in [-0.2, 0) is 28.8 Å². The number of aryl methyl sites for hydroxylation is 2. The van der Waals surface area contributed by atoms with Crippen molar-refractivity contribution >= 4 is 23.0 Å². The standard InChI is InChI=1S/C27H32F3N5O2S/c1-18-15-24(27(28,29)30)32-35(18)16-25(36)34-13-11-22(12-14-34)26-31-23(17-38-26)20(3)33-37-19(2)9-10-21-7-5-4-6-8-21/h4-8,15,17,19,22H,9-14,16H2,1-3H3. The van der Waals surface area contributed by atoms with Gasteiger partial charge in [0, 0.05) is 30.1 Å². The van der Waals surface area contributed by atoms with E-state index in [1.165, 1.54) is 12.5 Å². The maximum atomic E-state index is 12.9. The third kappa shape index (κ3) is 7.21. The molecular formula is C27H32F3N5O2S. The van der Waals surface area contributed by atoms with E-state index in [2.05, 4.69) is 22.4 Å². The Morgan fingerprint density at radius 3 is 2.61 bits per heavy atom. The van der Waals surface area contributed by atoms with Crippen LogP contribution in [0.1, 0.15) is 66.7 Å². The van der Waals surface area contributed by atoms with Gasteiger partial charge < -0.3 is 9.74 Å². The van der Waals surface area contributed by atoms with Gasteiger partial charge >= 0.3 is 6.18 Å². The topological polar surface area (TPSA) is 72.6 Å². The summed E-state index contributed by atoms with van der Waals surface area (Å²) in [5.41, 5.74) is 2.11. The average Bonchev–Trinajstić information content (AvgIpc) is 3.54. The molecule has 3 heterocycles. The Labute approximate surface area is 224 Å². The lowest BCUT2D eigenvalue weighted by Crippen LogP contribution is -2.40. The maximum absolute atomic E-state index is 12.9. The fourth-order valence-corrected chi connectivity index (χ4v) is 5.37. The lowest BCUT2D eigenvalue weighted by atomic mass is 9.97. The summed E-state index contributed by atoms with van der Waals surface area (Å²) in [6.07, 6.45) is -1.27. The quantitative estimate of drug-likeness (QED) is 0.249. The molecule has 0 N–H and O–H groups in total. The van der Waals surface area contributed by atoms with Crippen LogP contribution in [0, 0.1) is 6.92 Å². The molecule has 0 saturated carbocycles. The normalized spacial score (nSPS) is 16.1. The molecule has 7 nitrogen and oxygen atoms in total. The molecule has 3 aromatic rings. The van der Waals surface area contributed by atoms with E-state index in [0.29, 0.717) is 18.8 Å². The van der Waals surface area contributed by atoms with E-state index in [9.17, 15) is 18.0 Å². The van der Waals surface area contributed by atoms with Gasteiger partial charge in [0.25, 0.3) is 0 Å². The van der Waals surface area contributed by atoms with Crippen LogP contribution in [0.3, 0.4) is 0 Å². The van der Waals surface area contributed by atoms with E-state index in [-0.39, 0.29) is 24.5 Å². The van der Waals surface area contributed by atoms with Crippen molar-refractivity contribution in [2.75, 3.05) is 13.1 Å². The molecule has 1 aliphatic heterocycles. The number of amides is 1. The molecule has 11 heteroatoms. The first-order valence-corrected chi connectivity index (χ1v) is 13.6. The van der Waals surface area contributed by atoms with E-state index in [4.69, 9.17) is 9.82 Å². The Balaban J connectivity index is 1.25. The molecular weight excluding hydrogens is 515 g/mol. The summed E-state index contributed by atoms with van der Waals surface area (Å²) in [5.74, 6) is -0.00991. The van der Waals surface area contributed by atoms with Crippen molar-refractivity contribution < 1.29 is 22.8 Å². The number of nitrogens with zero attached hydrogens (tertiary/aromatic N) is 5. The minimum absolute atomic E-state index is 0.0179. The number of rotatable bonds is 9. The number of alkyl halides is 3. The maximum Gasteiger partial charge on any atom is 0.435 e. The second kappa shape index (κ2) is 12.1. The minimum atomic E-state index is -4.53. The van der Waals surface area contributed by atoms with Gasteiger partial charge in [-0.1, -0.05) is 35.5 Å². The predicted octanol–water partition coefficient (Wildman–Crippen LogP) is 5.83. The molecule has 1 amide bonds. The fraction of sp³-hybridized carbons (Fsp3) is 0.481. The number of thiazole rings is 1. The monoisotopic (exact) mass is 547 g/mol. The van der Waals surface area contributed by atoms with Gasteiger partial charge in [-0.3, -0.25) is 9.48 Å². The summed E-state index contributed by atoms with van der Waals surface area (Å²) >= 11 is 1.57. The minimum Gasteiger partial charge on any atom is -0.393 e. The molecule has 0 aliphatic carbocycles. The van der Waals surface area contributed by atoms with Crippen molar-refractivity contribution in [2.24, 2.45) is 5.16 Å². The Kier molecular flexibility index (Phi) is 8.86. The third-order valence-electron chi connectivity index (χ3n) is 6.70. The first-order chi connectivity index (χ1) is 18.1. The van der Waals surface area contributed by atoms with Crippen molar-refractivity contribution in [3.05, 3.63) is 69.4 Å². The van der Waals surface area contributed by atoms with Crippen LogP contribution in [0.2, 0.25) is 0 Å². The number of piperidine rings is 1. The summed E-state index contributed by atoms with van der Waals surface area (Å²) < 4.78 is 39.8. The van der Waals surface area contributed by atoms with Crippen LogP contribution in [-0.4, -0.2) is 50.5 Å². The second-order valence-electron chi connectivity index (χ2n) is 9.67. The number of oxime groups is 1. The SMILES string of the molecule is CC(=NOC(C)CCc1ccccc1)c1csc(C2CCN(C(=O)Cn3nc(C(F)(F)F)cc3C)CC2)n1. The molecule has 0 bridgehead atoms. The van der Waals surface area contributed by atoms with Crippen LogP contribution < -0.4 is 0 Å². The van der Waals surface area contributed by atoms with Gasteiger partial charge in [0.15, 0.2) is 5.69 Å². The highest BCUT2D eigenvalue weighted by Crippen LogP contribution is 2.31. The Morgan fingerprint density at radius 2 is 1.95 bits per heavy atom. The highest BCUT2D eigenvalue weighted by Gasteiger charge is 2.35. The molecule has 0 spiro atoms. The summed E-state index contributed by atoms with van der Waals surface area (Å²) in [7, 11) is 0. The van der Waals surface area contributed by atoms with Gasteiger partial charge in [-0.05, 0) is 58.1 Å². The number of hydrogen-bond donors (Lipinski definition) is 0. The molecule has 4 rings (SSSR count). The van der Waals surface area contributed by atoms with Crippen molar-refractivity contribution in [2.45, 2.75) is 71.2 Å². The van der Waals surface area contributed by atoms with Gasteiger partial charge in [0.05, 0.1) is 10.7 Å². The lowest BCUT2D eigenvalue weighted by molar-refractivity contribution is -0.142. The molecule has 38 heavy (non-hydrogen) atoms. The highest BCUT2D eigenvalue weighted by molar-refractivity contribution is 7.09. The van der Waals surface area contributed by atoms with E-state index < -0.39 is 11.9 Å². The fourth-order valence-electron chi connectivity index (χ4n) is 4.34. The van der Waals surface area contributed by atoms with Gasteiger partial charge in [-0.15, -0.1) is 11.3 Å². The average molecular weight is 548 g/mol. The van der Waals surface area contributed by atoms with E-state index in [1.807, 2.05) is 37.4 Å². The van der Waals surface area contributed by atoms with Crippen LogP contribution in [0.4, 0.5) is 13.2 Å². The number of aromatic nitrogens is 3. The third-order valence-corrected chi connectivity index (χ3v) is 7.71. The number of hydrogen-bond acceptors (Lipinski definition) is 6. The largest absolute Gasteiger partial charge is 0.435 e. The molecule has 1 unspecified atom stereocenters. The molecule has 0 radical (unpaired) electrons. The molecule has 1 aliphatic rings. The number of likely N-dealkylation sites (tertiary alicyclic amines) is 1. The van der Waals surface area contributed by atoms with Gasteiger partial charge in [-0.2, -0.15) is 18.3 Å². The van der Waals surface area contributed by atoms with Crippen LogP contribution in [0.25, 0.3) is 0 Å². The zero-order chi connectivity index (χ0) is 27.3. The van der Waals surface area contributed by atoms with E-state index in [1.54, 1.807) is 16.2 Å².